The molecule has 0 saturated carbocycles. The first-order valence-electron chi connectivity index (χ1n) is 9.31. The van der Waals surface area contributed by atoms with Gasteiger partial charge in [0.15, 0.2) is 5.78 Å². The maximum atomic E-state index is 12.5. The van der Waals surface area contributed by atoms with Gasteiger partial charge in [0.25, 0.3) is 5.91 Å². The van der Waals surface area contributed by atoms with Crippen LogP contribution >= 0.6 is 11.3 Å². The number of nitrogens with two attached hydrogens (primary N) is 2. The van der Waals surface area contributed by atoms with Crippen LogP contribution in [0.3, 0.4) is 0 Å². The molecule has 1 heterocycles. The minimum atomic E-state index is -0.492. The third-order valence-corrected chi connectivity index (χ3v) is 5.38. The van der Waals surface area contributed by atoms with Gasteiger partial charge in [0.1, 0.15) is 0 Å². The average Bonchev–Trinajstić information content (AvgIpc) is 3.26. The van der Waals surface area contributed by atoms with Gasteiger partial charge in [-0.25, -0.2) is 10.9 Å². The van der Waals surface area contributed by atoms with Crippen molar-refractivity contribution in [3.8, 4) is 0 Å². The zero-order chi connectivity index (χ0) is 21.5. The van der Waals surface area contributed by atoms with Crippen molar-refractivity contribution in [2.45, 2.75) is 12.8 Å². The molecule has 0 aliphatic heterocycles. The van der Waals surface area contributed by atoms with Gasteiger partial charge in [-0.15, -0.1) is 11.3 Å². The van der Waals surface area contributed by atoms with Crippen molar-refractivity contribution in [3.05, 3.63) is 82.7 Å². The normalized spacial score (nSPS) is 10.4. The van der Waals surface area contributed by atoms with Crippen LogP contribution in [0.2, 0.25) is 0 Å². The van der Waals surface area contributed by atoms with E-state index in [-0.39, 0.29) is 18.2 Å². The fourth-order valence-electron chi connectivity index (χ4n) is 2.77. The van der Waals surface area contributed by atoms with Crippen LogP contribution in [-0.2, 0) is 11.2 Å². The Kier molecular flexibility index (Phi) is 6.95. The zero-order valence-electron chi connectivity index (χ0n) is 16.2. The zero-order valence-corrected chi connectivity index (χ0v) is 17.0. The number of ketones is 1. The highest BCUT2D eigenvalue weighted by molar-refractivity contribution is 7.14. The summed E-state index contributed by atoms with van der Waals surface area (Å²) in [4.78, 5) is 35.7. The number of anilines is 2. The summed E-state index contributed by atoms with van der Waals surface area (Å²) < 4.78 is 0. The van der Waals surface area contributed by atoms with E-state index in [2.05, 4.69) is 5.32 Å². The average molecular weight is 423 g/mol. The number of Topliss-reactive ketones (excluding diaryl/α,β-unsaturated/α-hetero) is 1. The number of nitrogens with zero attached hydrogens (tertiary/aromatic N) is 1. The third kappa shape index (κ3) is 5.53. The number of hydrogen-bond donors (Lipinski definition) is 3. The van der Waals surface area contributed by atoms with Crippen LogP contribution in [0.4, 0.5) is 10.7 Å². The third-order valence-electron chi connectivity index (χ3n) is 4.49. The molecule has 0 radical (unpaired) electrons. The summed E-state index contributed by atoms with van der Waals surface area (Å²) in [6, 6.07) is 17.7. The molecular weight excluding hydrogens is 400 g/mol. The fourth-order valence-corrected chi connectivity index (χ4v) is 3.56. The molecule has 1 aromatic heterocycles. The number of rotatable bonds is 9. The summed E-state index contributed by atoms with van der Waals surface area (Å²) in [7, 11) is 0. The molecule has 3 aromatic rings. The van der Waals surface area contributed by atoms with Crippen LogP contribution < -0.4 is 21.9 Å². The number of nitrogens with one attached hydrogen (secondary N) is 1. The topological polar surface area (TPSA) is 119 Å². The predicted molar refractivity (Wildman–Crippen MR) is 119 cm³/mol. The molecule has 2 aromatic carbocycles. The fraction of sp³-hybridized carbons (Fsp3) is 0.136. The maximum Gasteiger partial charge on any atom is 0.272 e. The van der Waals surface area contributed by atoms with Crippen molar-refractivity contribution < 1.29 is 14.4 Å². The van der Waals surface area contributed by atoms with Crippen LogP contribution in [0.15, 0.2) is 66.0 Å². The minimum absolute atomic E-state index is 0.0430. The minimum Gasteiger partial charge on any atom is -0.370 e. The number of para-hydroxylation sites is 1. The van der Waals surface area contributed by atoms with Gasteiger partial charge in [-0.05, 0) is 42.3 Å². The number of benzene rings is 2. The lowest BCUT2D eigenvalue weighted by atomic mass is 10.0. The summed E-state index contributed by atoms with van der Waals surface area (Å²) in [5.74, 6) is 5.16. The van der Waals surface area contributed by atoms with Gasteiger partial charge in [-0.3, -0.25) is 14.4 Å². The molecule has 0 spiro atoms. The number of carbonyl (C=O) groups excluding carboxylic acids is 3. The Labute approximate surface area is 178 Å². The largest absolute Gasteiger partial charge is 0.370 e. The summed E-state index contributed by atoms with van der Waals surface area (Å²) in [5.41, 5.74) is 7.67. The van der Waals surface area contributed by atoms with Crippen LogP contribution in [-0.4, -0.2) is 24.1 Å². The molecule has 2 amide bonds. The van der Waals surface area contributed by atoms with Crippen molar-refractivity contribution in [2.24, 2.45) is 11.6 Å². The quantitative estimate of drug-likeness (QED) is 0.278. The number of primary amides is 1. The van der Waals surface area contributed by atoms with Gasteiger partial charge in [-0.1, -0.05) is 30.3 Å². The Bertz CT molecular complexity index is 1030. The monoisotopic (exact) mass is 422 g/mol. The van der Waals surface area contributed by atoms with E-state index in [0.29, 0.717) is 29.7 Å². The van der Waals surface area contributed by atoms with E-state index >= 15 is 0 Å². The number of carbonyl (C=O) groups is 3. The second-order valence-electron chi connectivity index (χ2n) is 6.66. The molecule has 0 fully saturated rings. The molecule has 0 aliphatic carbocycles. The van der Waals surface area contributed by atoms with E-state index in [1.165, 1.54) is 11.3 Å². The first-order chi connectivity index (χ1) is 14.4. The Balaban J connectivity index is 1.48. The molecule has 0 saturated heterocycles. The molecule has 5 N–H and O–H groups in total. The van der Waals surface area contributed by atoms with Crippen LogP contribution in [0.1, 0.15) is 32.7 Å². The van der Waals surface area contributed by atoms with Crippen molar-refractivity contribution in [1.29, 1.82) is 0 Å². The summed E-state index contributed by atoms with van der Waals surface area (Å²) in [6.07, 6.45) is 0.929. The van der Waals surface area contributed by atoms with E-state index in [1.807, 2.05) is 30.3 Å². The number of hydrogen-bond acceptors (Lipinski definition) is 6. The molecular formula is C22H22N4O3S. The van der Waals surface area contributed by atoms with Crippen LogP contribution in [0.25, 0.3) is 0 Å². The van der Waals surface area contributed by atoms with Gasteiger partial charge in [-0.2, -0.15) is 0 Å². The Morgan fingerprint density at radius 1 is 0.967 bits per heavy atom. The van der Waals surface area contributed by atoms with E-state index in [1.54, 1.807) is 35.7 Å². The van der Waals surface area contributed by atoms with Crippen molar-refractivity contribution in [2.75, 3.05) is 16.9 Å². The van der Waals surface area contributed by atoms with Gasteiger partial charge in [0.2, 0.25) is 5.91 Å². The van der Waals surface area contributed by atoms with Crippen LogP contribution in [0, 0.1) is 0 Å². The van der Waals surface area contributed by atoms with Gasteiger partial charge in [0, 0.05) is 17.4 Å². The van der Waals surface area contributed by atoms with Crippen LogP contribution in [0.5, 0.6) is 0 Å². The molecule has 8 heteroatoms. The van der Waals surface area contributed by atoms with E-state index in [0.717, 1.165) is 15.6 Å². The summed E-state index contributed by atoms with van der Waals surface area (Å²) in [5, 5.41) is 6.49. The lowest BCUT2D eigenvalue weighted by Gasteiger charge is -2.16. The van der Waals surface area contributed by atoms with E-state index < -0.39 is 5.91 Å². The lowest BCUT2D eigenvalue weighted by molar-refractivity contribution is -0.117. The molecule has 7 nitrogen and oxygen atoms in total. The standard InChI is InChI=1S/C22H22N4O3S/c23-21(28)17-12-20(30-14-17)25-13-19(27)11-8-15-6-9-16(10-7-15)22(29)26(24)18-4-2-1-3-5-18/h1-7,9-10,12,14,25H,8,11,13,24H2,(H2,23,28). The van der Waals surface area contributed by atoms with Gasteiger partial charge < -0.3 is 11.1 Å². The second kappa shape index (κ2) is 9.82. The Hall–Kier alpha value is -3.49. The highest BCUT2D eigenvalue weighted by Crippen LogP contribution is 2.20. The van der Waals surface area contributed by atoms with E-state index in [4.69, 9.17) is 11.6 Å². The smallest absolute Gasteiger partial charge is 0.272 e. The molecule has 0 bridgehead atoms. The SMILES string of the molecule is NC(=O)c1csc(NCC(=O)CCc2ccc(C(=O)N(N)c3ccccc3)cc2)c1. The van der Waals surface area contributed by atoms with Crippen molar-refractivity contribution >= 4 is 39.6 Å². The Morgan fingerprint density at radius 3 is 2.30 bits per heavy atom. The first kappa shape index (κ1) is 21.2. The highest BCUT2D eigenvalue weighted by Gasteiger charge is 2.14. The predicted octanol–water partition coefficient (Wildman–Crippen LogP) is 2.98. The lowest BCUT2D eigenvalue weighted by Crippen LogP contribution is -2.37. The van der Waals surface area contributed by atoms with Gasteiger partial charge >= 0.3 is 0 Å². The molecule has 154 valence electrons. The highest BCUT2D eigenvalue weighted by atomic mass is 32.1. The number of thiophene rings is 1. The maximum absolute atomic E-state index is 12.5. The summed E-state index contributed by atoms with van der Waals surface area (Å²) >= 11 is 1.33. The number of amides is 2. The number of aryl methyl sites for hydroxylation is 1. The molecule has 3 rings (SSSR count). The molecule has 0 aliphatic rings. The molecule has 0 unspecified atom stereocenters. The Morgan fingerprint density at radius 2 is 1.67 bits per heavy atom. The van der Waals surface area contributed by atoms with E-state index in [9.17, 15) is 14.4 Å². The van der Waals surface area contributed by atoms with Crippen molar-refractivity contribution in [1.82, 2.24) is 0 Å². The van der Waals surface area contributed by atoms with Crippen molar-refractivity contribution in [3.63, 3.8) is 0 Å². The summed E-state index contributed by atoms with van der Waals surface area (Å²) in [6.45, 7) is 0.175. The second-order valence-corrected chi connectivity index (χ2v) is 7.57. The number of hydrazine groups is 1. The molecule has 30 heavy (non-hydrogen) atoms. The van der Waals surface area contributed by atoms with Gasteiger partial charge in [0.05, 0.1) is 22.8 Å². The first-order valence-corrected chi connectivity index (χ1v) is 10.2. The molecule has 0 atom stereocenters.